The number of epoxide rings is 1. The molecule has 1 unspecified atom stereocenters. The van der Waals surface area contributed by atoms with Crippen molar-refractivity contribution in [3.63, 3.8) is 0 Å². The monoisotopic (exact) mass is 298 g/mol. The highest BCUT2D eigenvalue weighted by atomic mass is 16.6. The Labute approximate surface area is 129 Å². The van der Waals surface area contributed by atoms with E-state index in [1.54, 1.807) is 11.0 Å². The minimum Gasteiger partial charge on any atom is -0.475 e. The van der Waals surface area contributed by atoms with E-state index < -0.39 is 0 Å². The topological polar surface area (TPSA) is 55.0 Å². The van der Waals surface area contributed by atoms with Gasteiger partial charge in [-0.3, -0.25) is 9.69 Å². The van der Waals surface area contributed by atoms with Crippen LogP contribution in [0.2, 0.25) is 0 Å². The second-order valence-electron chi connectivity index (χ2n) is 5.19. The van der Waals surface area contributed by atoms with Crippen LogP contribution < -0.4 is 9.64 Å². The number of hydrogen-bond acceptors (Lipinski definition) is 4. The lowest BCUT2D eigenvalue weighted by Gasteiger charge is -2.20. The van der Waals surface area contributed by atoms with Gasteiger partial charge < -0.3 is 9.47 Å². The average Bonchev–Trinajstić information content (AvgIpc) is 3.36. The van der Waals surface area contributed by atoms with Crippen molar-refractivity contribution in [2.45, 2.75) is 19.6 Å². The minimum atomic E-state index is -0.0565. The van der Waals surface area contributed by atoms with E-state index in [1.165, 1.54) is 6.92 Å². The molecule has 3 rings (SSSR count). The van der Waals surface area contributed by atoms with E-state index in [2.05, 4.69) is 4.98 Å². The zero-order valence-electron chi connectivity index (χ0n) is 12.4. The van der Waals surface area contributed by atoms with Gasteiger partial charge >= 0.3 is 0 Å². The van der Waals surface area contributed by atoms with Crippen molar-refractivity contribution in [3.8, 4) is 5.88 Å². The van der Waals surface area contributed by atoms with Gasteiger partial charge in [-0.2, -0.15) is 4.98 Å². The van der Waals surface area contributed by atoms with E-state index in [0.717, 1.165) is 12.2 Å². The molecule has 1 fully saturated rings. The Morgan fingerprint density at radius 1 is 1.27 bits per heavy atom. The normalized spacial score (nSPS) is 16.1. The number of ether oxygens (including phenoxy) is 2. The molecular weight excluding hydrogens is 280 g/mol. The van der Waals surface area contributed by atoms with Crippen molar-refractivity contribution < 1.29 is 14.3 Å². The summed E-state index contributed by atoms with van der Waals surface area (Å²) in [7, 11) is 0. The van der Waals surface area contributed by atoms with Gasteiger partial charge in [0.15, 0.2) is 0 Å². The molecule has 0 aliphatic carbocycles. The summed E-state index contributed by atoms with van der Waals surface area (Å²) in [5.74, 6) is 1.04. The van der Waals surface area contributed by atoms with E-state index in [9.17, 15) is 4.79 Å². The molecule has 0 N–H and O–H groups in total. The Balaban J connectivity index is 1.75. The van der Waals surface area contributed by atoms with Gasteiger partial charge in [-0.25, -0.2) is 0 Å². The molecule has 22 heavy (non-hydrogen) atoms. The van der Waals surface area contributed by atoms with Crippen molar-refractivity contribution in [2.24, 2.45) is 0 Å². The second kappa shape index (κ2) is 6.58. The Morgan fingerprint density at radius 2 is 2.05 bits per heavy atom. The number of rotatable bonds is 6. The molecule has 1 aliphatic rings. The van der Waals surface area contributed by atoms with E-state index in [-0.39, 0.29) is 12.0 Å². The third-order valence-electron chi connectivity index (χ3n) is 3.37. The molecule has 114 valence electrons. The van der Waals surface area contributed by atoms with Crippen LogP contribution in [0.15, 0.2) is 48.5 Å². The van der Waals surface area contributed by atoms with Crippen LogP contribution in [0.5, 0.6) is 5.88 Å². The van der Waals surface area contributed by atoms with Crippen LogP contribution in [0.1, 0.15) is 12.5 Å². The van der Waals surface area contributed by atoms with Crippen LogP contribution in [0.4, 0.5) is 5.82 Å². The third kappa shape index (κ3) is 3.83. The van der Waals surface area contributed by atoms with Crippen LogP contribution >= 0.6 is 0 Å². The number of aromatic nitrogens is 1. The standard InChI is InChI=1S/C17H18N2O3/c1-13(20)19(10-14-6-3-2-4-7-14)16-8-5-9-17(18-16)22-12-15-11-21-15/h2-9,15H,10-12H2,1H3. The van der Waals surface area contributed by atoms with Gasteiger partial charge in [-0.1, -0.05) is 36.4 Å². The quantitative estimate of drug-likeness (QED) is 0.769. The average molecular weight is 298 g/mol. The van der Waals surface area contributed by atoms with Gasteiger partial charge in [0.2, 0.25) is 11.8 Å². The van der Waals surface area contributed by atoms with Gasteiger partial charge in [-0.05, 0) is 11.6 Å². The molecule has 0 radical (unpaired) electrons. The SMILES string of the molecule is CC(=O)N(Cc1ccccc1)c1cccc(OCC2CO2)n1. The predicted molar refractivity (Wildman–Crippen MR) is 82.8 cm³/mol. The summed E-state index contributed by atoms with van der Waals surface area (Å²) in [5.41, 5.74) is 1.05. The molecule has 0 saturated carbocycles. The fourth-order valence-electron chi connectivity index (χ4n) is 2.10. The summed E-state index contributed by atoms with van der Waals surface area (Å²) in [4.78, 5) is 18.0. The molecule has 1 saturated heterocycles. The number of carbonyl (C=O) groups excluding carboxylic acids is 1. The molecule has 0 spiro atoms. The molecule has 1 atom stereocenters. The van der Waals surface area contributed by atoms with Crippen LogP contribution in [0.3, 0.4) is 0 Å². The van der Waals surface area contributed by atoms with Crippen molar-refractivity contribution in [3.05, 3.63) is 54.1 Å². The molecule has 0 bridgehead atoms. The Hall–Kier alpha value is -2.40. The molecule has 1 aromatic heterocycles. The molecular formula is C17H18N2O3. The number of nitrogens with zero attached hydrogens (tertiary/aromatic N) is 2. The fraction of sp³-hybridized carbons (Fsp3) is 0.294. The molecule has 5 nitrogen and oxygen atoms in total. The van der Waals surface area contributed by atoms with Gasteiger partial charge in [0.05, 0.1) is 13.2 Å². The highest BCUT2D eigenvalue weighted by molar-refractivity contribution is 5.90. The van der Waals surface area contributed by atoms with E-state index in [4.69, 9.17) is 9.47 Å². The molecule has 1 amide bonds. The van der Waals surface area contributed by atoms with Gasteiger partial charge in [-0.15, -0.1) is 0 Å². The van der Waals surface area contributed by atoms with Crippen molar-refractivity contribution in [1.29, 1.82) is 0 Å². The van der Waals surface area contributed by atoms with Crippen LogP contribution in [0, 0.1) is 0 Å². The Bertz CT molecular complexity index is 641. The second-order valence-corrected chi connectivity index (χ2v) is 5.19. The van der Waals surface area contributed by atoms with E-state index in [1.807, 2.05) is 42.5 Å². The first-order valence-corrected chi connectivity index (χ1v) is 7.26. The van der Waals surface area contributed by atoms with Crippen molar-refractivity contribution in [1.82, 2.24) is 4.98 Å². The summed E-state index contributed by atoms with van der Waals surface area (Å²) >= 11 is 0. The Kier molecular flexibility index (Phi) is 4.34. The number of anilines is 1. The first-order valence-electron chi connectivity index (χ1n) is 7.26. The van der Waals surface area contributed by atoms with E-state index in [0.29, 0.717) is 24.8 Å². The number of pyridine rings is 1. The molecule has 1 aromatic carbocycles. The van der Waals surface area contributed by atoms with Crippen LogP contribution in [-0.2, 0) is 16.1 Å². The molecule has 2 heterocycles. The third-order valence-corrected chi connectivity index (χ3v) is 3.37. The number of amides is 1. The summed E-state index contributed by atoms with van der Waals surface area (Å²) in [6.45, 7) is 3.26. The van der Waals surface area contributed by atoms with Crippen LogP contribution in [0.25, 0.3) is 0 Å². The Morgan fingerprint density at radius 3 is 2.73 bits per heavy atom. The molecule has 2 aromatic rings. The lowest BCUT2D eigenvalue weighted by atomic mass is 10.2. The predicted octanol–water partition coefficient (Wildman–Crippen LogP) is 2.41. The largest absolute Gasteiger partial charge is 0.475 e. The molecule has 1 aliphatic heterocycles. The maximum Gasteiger partial charge on any atom is 0.225 e. The smallest absolute Gasteiger partial charge is 0.225 e. The lowest BCUT2D eigenvalue weighted by Crippen LogP contribution is -2.28. The number of benzene rings is 1. The first kappa shape index (κ1) is 14.5. The summed E-state index contributed by atoms with van der Waals surface area (Å²) in [5, 5.41) is 0. The van der Waals surface area contributed by atoms with Gasteiger partial charge in [0.25, 0.3) is 0 Å². The minimum absolute atomic E-state index is 0.0565. The fourth-order valence-corrected chi connectivity index (χ4v) is 2.10. The highest BCUT2D eigenvalue weighted by Crippen LogP contribution is 2.20. The van der Waals surface area contributed by atoms with Gasteiger partial charge in [0, 0.05) is 13.0 Å². The first-order chi connectivity index (χ1) is 10.7. The summed E-state index contributed by atoms with van der Waals surface area (Å²) in [6.07, 6.45) is 0.179. The summed E-state index contributed by atoms with van der Waals surface area (Å²) in [6, 6.07) is 15.3. The van der Waals surface area contributed by atoms with Crippen LogP contribution in [-0.4, -0.2) is 30.2 Å². The van der Waals surface area contributed by atoms with E-state index >= 15 is 0 Å². The highest BCUT2D eigenvalue weighted by Gasteiger charge is 2.23. The lowest BCUT2D eigenvalue weighted by molar-refractivity contribution is -0.116. The van der Waals surface area contributed by atoms with Crippen molar-refractivity contribution in [2.75, 3.05) is 18.1 Å². The maximum atomic E-state index is 12.0. The zero-order chi connectivity index (χ0) is 15.4. The number of hydrogen-bond donors (Lipinski definition) is 0. The van der Waals surface area contributed by atoms with Gasteiger partial charge in [0.1, 0.15) is 18.5 Å². The maximum absolute atomic E-state index is 12.0. The zero-order valence-corrected chi connectivity index (χ0v) is 12.4. The molecule has 5 heteroatoms. The summed E-state index contributed by atoms with van der Waals surface area (Å²) < 4.78 is 10.7. The van der Waals surface area contributed by atoms with Crippen molar-refractivity contribution >= 4 is 11.7 Å². The number of carbonyl (C=O) groups is 1.